The minimum Gasteiger partial charge on any atom is -0.278 e. The molecular weight excluding hydrogens is 180 g/mol. The zero-order valence-electron chi connectivity index (χ0n) is 7.07. The first-order valence-electron chi connectivity index (χ1n) is 4.10. The predicted octanol–water partition coefficient (Wildman–Crippen LogP) is 2.51. The number of aromatic nitrogens is 2. The smallest absolute Gasteiger partial charge is 0.0690 e. The van der Waals surface area contributed by atoms with Crippen LogP contribution in [0.5, 0.6) is 0 Å². The Morgan fingerprint density at radius 2 is 2.00 bits per heavy atom. The maximum absolute atomic E-state index is 4.24. The van der Waals surface area contributed by atoms with Crippen LogP contribution >= 0.6 is 12.6 Å². The Bertz CT molecular complexity index is 381. The number of nitrogens with one attached hydrogen (secondary N) is 1. The zero-order valence-corrected chi connectivity index (χ0v) is 7.96. The van der Waals surface area contributed by atoms with Crippen LogP contribution in [-0.2, 0) is 5.75 Å². The first-order chi connectivity index (χ1) is 6.42. The number of hydrogen-bond donors (Lipinski definition) is 2. The van der Waals surface area contributed by atoms with Gasteiger partial charge in [0.25, 0.3) is 0 Å². The van der Waals surface area contributed by atoms with Gasteiger partial charge in [-0.15, -0.1) is 0 Å². The Morgan fingerprint density at radius 1 is 1.23 bits per heavy atom. The van der Waals surface area contributed by atoms with Crippen molar-refractivity contribution in [3.8, 4) is 11.3 Å². The van der Waals surface area contributed by atoms with Crippen LogP contribution < -0.4 is 0 Å². The third-order valence-electron chi connectivity index (χ3n) is 1.95. The first kappa shape index (κ1) is 8.38. The molecule has 1 heterocycles. The largest absolute Gasteiger partial charge is 0.278 e. The fourth-order valence-electron chi connectivity index (χ4n) is 1.29. The molecule has 3 heteroatoms. The summed E-state index contributed by atoms with van der Waals surface area (Å²) in [5, 5.41) is 6.97. The van der Waals surface area contributed by atoms with Gasteiger partial charge in [0.15, 0.2) is 0 Å². The molecule has 0 aliphatic carbocycles. The SMILES string of the molecule is SCc1cn[nH]c1-c1ccccc1. The first-order valence-corrected chi connectivity index (χ1v) is 4.73. The summed E-state index contributed by atoms with van der Waals surface area (Å²) in [5.41, 5.74) is 3.36. The third-order valence-corrected chi connectivity index (χ3v) is 2.29. The molecule has 0 saturated heterocycles. The van der Waals surface area contributed by atoms with E-state index in [1.165, 1.54) is 0 Å². The fraction of sp³-hybridized carbons (Fsp3) is 0.100. The summed E-state index contributed by atoms with van der Waals surface area (Å²) in [6, 6.07) is 10.1. The second-order valence-corrected chi connectivity index (χ2v) is 3.11. The lowest BCUT2D eigenvalue weighted by atomic mass is 10.1. The lowest BCUT2D eigenvalue weighted by Gasteiger charge is -1.99. The van der Waals surface area contributed by atoms with E-state index < -0.39 is 0 Å². The van der Waals surface area contributed by atoms with E-state index in [0.717, 1.165) is 16.8 Å². The summed E-state index contributed by atoms with van der Waals surface area (Å²) in [6.07, 6.45) is 1.81. The standard InChI is InChI=1S/C10H10N2S/c13-7-9-6-11-12-10(9)8-4-2-1-3-5-8/h1-6,13H,7H2,(H,11,12). The van der Waals surface area contributed by atoms with E-state index in [0.29, 0.717) is 5.75 Å². The van der Waals surface area contributed by atoms with E-state index in [-0.39, 0.29) is 0 Å². The second kappa shape index (κ2) is 3.66. The summed E-state index contributed by atoms with van der Waals surface area (Å²) in [5.74, 6) is 0.709. The van der Waals surface area contributed by atoms with Gasteiger partial charge in [0.1, 0.15) is 0 Å². The molecule has 2 rings (SSSR count). The topological polar surface area (TPSA) is 28.7 Å². The molecule has 0 aliphatic heterocycles. The molecule has 1 aromatic heterocycles. The van der Waals surface area contributed by atoms with E-state index in [1.807, 2.05) is 24.4 Å². The van der Waals surface area contributed by atoms with Gasteiger partial charge in [0, 0.05) is 11.3 Å². The number of nitrogens with zero attached hydrogens (tertiary/aromatic N) is 1. The molecule has 0 unspecified atom stereocenters. The highest BCUT2D eigenvalue weighted by Crippen LogP contribution is 2.21. The van der Waals surface area contributed by atoms with Gasteiger partial charge in [0.05, 0.1) is 11.9 Å². The maximum atomic E-state index is 4.24. The van der Waals surface area contributed by atoms with Gasteiger partial charge in [-0.3, -0.25) is 5.10 Å². The van der Waals surface area contributed by atoms with Crippen LogP contribution in [0, 0.1) is 0 Å². The Morgan fingerprint density at radius 3 is 2.69 bits per heavy atom. The molecule has 0 fully saturated rings. The number of hydrogen-bond acceptors (Lipinski definition) is 2. The van der Waals surface area contributed by atoms with Crippen LogP contribution in [0.1, 0.15) is 5.56 Å². The Balaban J connectivity index is 2.47. The third kappa shape index (κ3) is 1.60. The van der Waals surface area contributed by atoms with Gasteiger partial charge in [0.2, 0.25) is 0 Å². The molecule has 0 spiro atoms. The van der Waals surface area contributed by atoms with E-state index in [2.05, 4.69) is 35.0 Å². The Labute approximate surface area is 82.4 Å². The van der Waals surface area contributed by atoms with Crippen molar-refractivity contribution < 1.29 is 0 Å². The molecule has 2 nitrogen and oxygen atoms in total. The lowest BCUT2D eigenvalue weighted by molar-refractivity contribution is 1.10. The van der Waals surface area contributed by atoms with Crippen molar-refractivity contribution in [3.63, 3.8) is 0 Å². The van der Waals surface area contributed by atoms with Crippen molar-refractivity contribution in [3.05, 3.63) is 42.1 Å². The molecule has 0 amide bonds. The molecule has 2 aromatic rings. The average Bonchev–Trinajstić information content (AvgIpc) is 2.67. The van der Waals surface area contributed by atoms with Gasteiger partial charge in [-0.2, -0.15) is 17.7 Å². The highest BCUT2D eigenvalue weighted by Gasteiger charge is 2.04. The minimum absolute atomic E-state index is 0.709. The highest BCUT2D eigenvalue weighted by molar-refractivity contribution is 7.79. The van der Waals surface area contributed by atoms with Gasteiger partial charge in [-0.25, -0.2) is 0 Å². The van der Waals surface area contributed by atoms with Crippen LogP contribution in [0.4, 0.5) is 0 Å². The van der Waals surface area contributed by atoms with Crippen molar-refractivity contribution in [1.29, 1.82) is 0 Å². The monoisotopic (exact) mass is 190 g/mol. The Hall–Kier alpha value is -1.22. The van der Waals surface area contributed by atoms with E-state index in [4.69, 9.17) is 0 Å². The van der Waals surface area contributed by atoms with Crippen molar-refractivity contribution in [2.45, 2.75) is 5.75 Å². The van der Waals surface area contributed by atoms with Gasteiger partial charge in [-0.1, -0.05) is 30.3 Å². The molecular formula is C10H10N2S. The Kier molecular flexibility index (Phi) is 2.36. The van der Waals surface area contributed by atoms with Crippen LogP contribution in [0.25, 0.3) is 11.3 Å². The molecule has 0 saturated carbocycles. The quantitative estimate of drug-likeness (QED) is 0.700. The molecule has 1 N–H and O–H groups in total. The second-order valence-electron chi connectivity index (χ2n) is 2.79. The molecule has 13 heavy (non-hydrogen) atoms. The van der Waals surface area contributed by atoms with E-state index in [9.17, 15) is 0 Å². The maximum Gasteiger partial charge on any atom is 0.0690 e. The lowest BCUT2D eigenvalue weighted by Crippen LogP contribution is -1.81. The highest BCUT2D eigenvalue weighted by atomic mass is 32.1. The van der Waals surface area contributed by atoms with E-state index in [1.54, 1.807) is 0 Å². The van der Waals surface area contributed by atoms with Crippen LogP contribution in [-0.4, -0.2) is 10.2 Å². The summed E-state index contributed by atoms with van der Waals surface area (Å²) >= 11 is 4.24. The normalized spacial score (nSPS) is 10.2. The summed E-state index contributed by atoms with van der Waals surface area (Å²) in [6.45, 7) is 0. The molecule has 0 aliphatic rings. The number of thiol groups is 1. The molecule has 1 aromatic carbocycles. The van der Waals surface area contributed by atoms with Crippen molar-refractivity contribution in [2.24, 2.45) is 0 Å². The van der Waals surface area contributed by atoms with Crippen molar-refractivity contribution in [2.75, 3.05) is 0 Å². The number of H-pyrrole nitrogens is 1. The predicted molar refractivity (Wildman–Crippen MR) is 56.7 cm³/mol. The molecule has 0 atom stereocenters. The van der Waals surface area contributed by atoms with Gasteiger partial charge >= 0.3 is 0 Å². The van der Waals surface area contributed by atoms with Gasteiger partial charge < -0.3 is 0 Å². The van der Waals surface area contributed by atoms with Crippen LogP contribution in [0.2, 0.25) is 0 Å². The number of rotatable bonds is 2. The minimum atomic E-state index is 0.709. The van der Waals surface area contributed by atoms with E-state index >= 15 is 0 Å². The van der Waals surface area contributed by atoms with Crippen LogP contribution in [0.3, 0.4) is 0 Å². The average molecular weight is 190 g/mol. The summed E-state index contributed by atoms with van der Waals surface area (Å²) in [7, 11) is 0. The van der Waals surface area contributed by atoms with Crippen LogP contribution in [0.15, 0.2) is 36.5 Å². The summed E-state index contributed by atoms with van der Waals surface area (Å²) in [4.78, 5) is 0. The molecule has 0 bridgehead atoms. The number of benzene rings is 1. The van der Waals surface area contributed by atoms with Crippen molar-refractivity contribution >= 4 is 12.6 Å². The van der Waals surface area contributed by atoms with Crippen molar-refractivity contribution in [1.82, 2.24) is 10.2 Å². The fourth-order valence-corrected chi connectivity index (χ4v) is 1.53. The van der Waals surface area contributed by atoms with Gasteiger partial charge in [-0.05, 0) is 5.56 Å². The summed E-state index contributed by atoms with van der Waals surface area (Å²) < 4.78 is 0. The molecule has 0 radical (unpaired) electrons. The molecule has 66 valence electrons. The number of aromatic amines is 1. The zero-order chi connectivity index (χ0) is 9.10.